The van der Waals surface area contributed by atoms with Crippen LogP contribution in [0.5, 0.6) is 0 Å². The zero-order chi connectivity index (χ0) is 25.2. The zero-order valence-electron chi connectivity index (χ0n) is 19.2. The van der Waals surface area contributed by atoms with Crippen molar-refractivity contribution in [2.45, 2.75) is 63.2 Å². The van der Waals surface area contributed by atoms with Crippen LogP contribution in [0.1, 0.15) is 55.3 Å². The molecule has 7 nitrogen and oxygen atoms in total. The predicted molar refractivity (Wildman–Crippen MR) is 126 cm³/mol. The maximum Gasteiger partial charge on any atom is 0.511 e. The summed E-state index contributed by atoms with van der Waals surface area (Å²) < 4.78 is 66.5. The molecule has 188 valence electrons. The highest BCUT2D eigenvalue weighted by Gasteiger charge is 2.51. The van der Waals surface area contributed by atoms with E-state index in [0.29, 0.717) is 33.7 Å². The molecule has 0 amide bonds. The van der Waals surface area contributed by atoms with Gasteiger partial charge in [0, 0.05) is 42.3 Å². The number of anilines is 2. The molecule has 0 bridgehead atoms. The van der Waals surface area contributed by atoms with E-state index < -0.39 is 28.1 Å². The molecule has 0 radical (unpaired) electrons. The quantitative estimate of drug-likeness (QED) is 0.616. The molecule has 2 aromatic rings. The van der Waals surface area contributed by atoms with Crippen molar-refractivity contribution in [3.63, 3.8) is 0 Å². The van der Waals surface area contributed by atoms with Crippen LogP contribution in [0.25, 0.3) is 0 Å². The van der Waals surface area contributed by atoms with Crippen LogP contribution in [0, 0.1) is 17.2 Å². The van der Waals surface area contributed by atoms with Gasteiger partial charge in [0.25, 0.3) is 0 Å². The van der Waals surface area contributed by atoms with E-state index >= 15 is 0 Å². The highest BCUT2D eigenvalue weighted by Crippen LogP contribution is 2.38. The Balaban J connectivity index is 1.80. The van der Waals surface area contributed by atoms with Crippen LogP contribution in [0.15, 0.2) is 36.5 Å². The third-order valence-electron chi connectivity index (χ3n) is 6.96. The lowest BCUT2D eigenvalue weighted by atomic mass is 9.97. The predicted octanol–water partition coefficient (Wildman–Crippen LogP) is 4.55. The first-order valence-corrected chi connectivity index (χ1v) is 13.1. The summed E-state index contributed by atoms with van der Waals surface area (Å²) in [6.07, 6.45) is 7.28. The lowest BCUT2D eigenvalue weighted by Gasteiger charge is -2.34. The molecule has 0 saturated heterocycles. The minimum absolute atomic E-state index is 0.145. The minimum atomic E-state index is -5.60. The molecule has 4 rings (SSSR count). The fourth-order valence-corrected chi connectivity index (χ4v) is 6.12. The van der Waals surface area contributed by atoms with Gasteiger partial charge in [-0.3, -0.25) is 4.98 Å². The van der Waals surface area contributed by atoms with Crippen LogP contribution < -0.4 is 10.6 Å². The molecule has 0 spiro atoms. The number of rotatable bonds is 6. The van der Waals surface area contributed by atoms with Gasteiger partial charge < -0.3 is 10.6 Å². The third-order valence-corrected chi connectivity index (χ3v) is 8.50. The second-order valence-corrected chi connectivity index (χ2v) is 11.2. The summed E-state index contributed by atoms with van der Waals surface area (Å²) in [5.74, 6) is 0.475. The Morgan fingerprint density at radius 3 is 2.57 bits per heavy atom. The average Bonchev–Trinajstić information content (AvgIpc) is 3.27. The van der Waals surface area contributed by atoms with Gasteiger partial charge in [-0.2, -0.15) is 22.7 Å². The number of nitrogen functional groups attached to an aromatic ring is 1. The number of sulfonamides is 1. The Morgan fingerprint density at radius 1 is 1.17 bits per heavy atom. The fraction of sp³-hybridized carbons (Fsp3) is 0.500. The number of halogens is 3. The van der Waals surface area contributed by atoms with Crippen LogP contribution in [0.3, 0.4) is 0 Å². The van der Waals surface area contributed by atoms with Crippen molar-refractivity contribution in [3.8, 4) is 6.07 Å². The maximum atomic E-state index is 13.6. The van der Waals surface area contributed by atoms with Gasteiger partial charge in [0.05, 0.1) is 23.9 Å². The van der Waals surface area contributed by atoms with Gasteiger partial charge in [0.2, 0.25) is 0 Å². The van der Waals surface area contributed by atoms with E-state index in [1.807, 2.05) is 11.0 Å². The van der Waals surface area contributed by atoms with Crippen molar-refractivity contribution in [3.05, 3.63) is 53.3 Å². The summed E-state index contributed by atoms with van der Waals surface area (Å²) in [5.41, 5.74) is 2.55. The second-order valence-electron chi connectivity index (χ2n) is 9.25. The SMILES string of the molecule is N#Cc1cccc2c1CN(S(=O)(=O)C(F)(F)F)C[C@@H](CCC1CCCC1)N2Cc1cc(N)ccn1. The normalized spacial score (nSPS) is 19.8. The van der Waals surface area contributed by atoms with Crippen molar-refractivity contribution >= 4 is 21.4 Å². The first-order valence-electron chi connectivity index (χ1n) is 11.7. The van der Waals surface area contributed by atoms with E-state index in [9.17, 15) is 26.9 Å². The van der Waals surface area contributed by atoms with Crippen LogP contribution >= 0.6 is 0 Å². The van der Waals surface area contributed by atoms with Crippen molar-refractivity contribution in [2.75, 3.05) is 17.2 Å². The van der Waals surface area contributed by atoms with E-state index in [4.69, 9.17) is 5.73 Å². The maximum absolute atomic E-state index is 13.6. The Morgan fingerprint density at radius 2 is 1.91 bits per heavy atom. The molecule has 1 aromatic carbocycles. The molecular formula is C24H28F3N5O2S. The summed E-state index contributed by atoms with van der Waals surface area (Å²) in [4.78, 5) is 6.26. The zero-order valence-corrected chi connectivity index (χ0v) is 20.0. The van der Waals surface area contributed by atoms with E-state index in [1.165, 1.54) is 6.07 Å². The molecule has 1 aliphatic carbocycles. The van der Waals surface area contributed by atoms with Crippen molar-refractivity contribution in [1.82, 2.24) is 9.29 Å². The number of hydrogen-bond donors (Lipinski definition) is 1. The molecule has 11 heteroatoms. The van der Waals surface area contributed by atoms with Gasteiger partial charge in [0.1, 0.15) is 0 Å². The van der Waals surface area contributed by atoms with Gasteiger partial charge in [-0.1, -0.05) is 31.7 Å². The summed E-state index contributed by atoms with van der Waals surface area (Å²) >= 11 is 0. The Hall–Kier alpha value is -2.84. The average molecular weight is 508 g/mol. The molecule has 1 aliphatic heterocycles. The number of nitriles is 1. The van der Waals surface area contributed by atoms with Crippen LogP contribution in [-0.4, -0.2) is 35.8 Å². The molecule has 2 aliphatic rings. The third kappa shape index (κ3) is 5.38. The molecule has 1 saturated carbocycles. The van der Waals surface area contributed by atoms with Crippen LogP contribution in [0.2, 0.25) is 0 Å². The largest absolute Gasteiger partial charge is 0.511 e. The Bertz CT molecular complexity index is 1210. The van der Waals surface area contributed by atoms with Crippen LogP contribution in [-0.2, 0) is 23.1 Å². The number of fused-ring (bicyclic) bond motifs is 1. The van der Waals surface area contributed by atoms with Gasteiger partial charge in [-0.25, -0.2) is 8.42 Å². The summed E-state index contributed by atoms with van der Waals surface area (Å²) in [6, 6.07) is 9.70. The molecule has 1 aromatic heterocycles. The van der Waals surface area contributed by atoms with E-state index in [1.54, 1.807) is 30.5 Å². The molecule has 35 heavy (non-hydrogen) atoms. The molecule has 1 atom stereocenters. The molecule has 1 fully saturated rings. The number of hydrogen-bond acceptors (Lipinski definition) is 6. The molecular weight excluding hydrogens is 479 g/mol. The summed E-state index contributed by atoms with van der Waals surface area (Å²) in [6.45, 7) is -0.639. The summed E-state index contributed by atoms with van der Waals surface area (Å²) in [5, 5.41) is 9.67. The topological polar surface area (TPSA) is 103 Å². The van der Waals surface area contributed by atoms with Crippen LogP contribution in [0.4, 0.5) is 24.5 Å². The van der Waals surface area contributed by atoms with E-state index in [2.05, 4.69) is 4.98 Å². The van der Waals surface area contributed by atoms with Gasteiger partial charge in [0.15, 0.2) is 0 Å². The molecule has 2 N–H and O–H groups in total. The van der Waals surface area contributed by atoms with E-state index in [-0.39, 0.29) is 24.2 Å². The first-order chi connectivity index (χ1) is 16.6. The van der Waals surface area contributed by atoms with Gasteiger partial charge in [-0.15, -0.1) is 0 Å². The lowest BCUT2D eigenvalue weighted by Crippen LogP contribution is -2.47. The number of alkyl halides is 3. The number of nitrogens with two attached hydrogens (primary N) is 1. The Labute approximate surface area is 203 Å². The van der Waals surface area contributed by atoms with Gasteiger partial charge in [-0.05, 0) is 43.0 Å². The molecule has 2 heterocycles. The van der Waals surface area contributed by atoms with Gasteiger partial charge >= 0.3 is 15.5 Å². The molecule has 0 unspecified atom stereocenters. The number of aromatic nitrogens is 1. The second kappa shape index (κ2) is 10.0. The first kappa shape index (κ1) is 25.3. The monoisotopic (exact) mass is 507 g/mol. The number of benzene rings is 1. The fourth-order valence-electron chi connectivity index (χ4n) is 5.16. The summed E-state index contributed by atoms with van der Waals surface area (Å²) in [7, 11) is -5.60. The number of pyridine rings is 1. The highest BCUT2D eigenvalue weighted by molar-refractivity contribution is 7.89. The smallest absolute Gasteiger partial charge is 0.399 e. The van der Waals surface area contributed by atoms with E-state index in [0.717, 1.165) is 32.1 Å². The standard InChI is InChI=1S/C24H28F3N5O2S/c25-24(26,27)35(33,34)31-15-21(9-8-17-4-1-2-5-17)32(14-20-12-19(29)10-11-30-20)23-7-3-6-18(13-28)22(23)16-31/h3,6-7,10-12,17,21H,1-2,4-5,8-9,14-16H2,(H2,29,30)/t21-/m1/s1. The highest BCUT2D eigenvalue weighted by atomic mass is 32.2. The van der Waals surface area contributed by atoms with Crippen molar-refractivity contribution in [1.29, 1.82) is 5.26 Å². The minimum Gasteiger partial charge on any atom is -0.399 e. The van der Waals surface area contributed by atoms with Crippen molar-refractivity contribution in [2.24, 2.45) is 5.92 Å². The Kier molecular flexibility index (Phi) is 7.24. The van der Waals surface area contributed by atoms with Crippen molar-refractivity contribution < 1.29 is 21.6 Å². The lowest BCUT2D eigenvalue weighted by molar-refractivity contribution is -0.0492. The number of nitrogens with zero attached hydrogens (tertiary/aromatic N) is 4.